The molecular formula is C51H30N2. The third-order valence-electron chi connectivity index (χ3n) is 11.9. The van der Waals surface area contributed by atoms with Gasteiger partial charge < -0.3 is 0 Å². The van der Waals surface area contributed by atoms with Crippen molar-refractivity contribution in [1.82, 2.24) is 9.97 Å². The fraction of sp³-hybridized carbons (Fsp3) is 0.0196. The second kappa shape index (κ2) is 10.6. The first kappa shape index (κ1) is 28.8. The van der Waals surface area contributed by atoms with E-state index in [-0.39, 0.29) is 0 Å². The lowest BCUT2D eigenvalue weighted by atomic mass is 9.70. The molecule has 8 aromatic carbocycles. The van der Waals surface area contributed by atoms with Gasteiger partial charge in [0, 0.05) is 33.9 Å². The highest BCUT2D eigenvalue weighted by Gasteiger charge is 2.51. The zero-order valence-corrected chi connectivity index (χ0v) is 28.7. The van der Waals surface area contributed by atoms with Gasteiger partial charge in [0.1, 0.15) is 0 Å². The van der Waals surface area contributed by atoms with E-state index in [2.05, 4.69) is 158 Å². The molecule has 10 aromatic rings. The number of hydrogen-bond acceptors (Lipinski definition) is 2. The van der Waals surface area contributed by atoms with E-state index in [1.54, 1.807) is 0 Å². The van der Waals surface area contributed by atoms with E-state index in [1.165, 1.54) is 88.3 Å². The van der Waals surface area contributed by atoms with Crippen molar-refractivity contribution in [2.75, 3.05) is 0 Å². The molecule has 0 radical (unpaired) electrons. The number of rotatable bonds is 2. The van der Waals surface area contributed by atoms with Gasteiger partial charge >= 0.3 is 0 Å². The maximum Gasteiger partial charge on any atom is 0.0786 e. The molecule has 0 N–H and O–H groups in total. The Morgan fingerprint density at radius 1 is 0.302 bits per heavy atom. The first-order valence-electron chi connectivity index (χ1n) is 18.3. The van der Waals surface area contributed by atoms with Gasteiger partial charge in [0.05, 0.1) is 16.4 Å². The third kappa shape index (κ3) is 3.77. The molecule has 0 saturated carbocycles. The van der Waals surface area contributed by atoms with Crippen molar-refractivity contribution in [3.05, 3.63) is 205 Å². The van der Waals surface area contributed by atoms with Crippen molar-refractivity contribution in [1.29, 1.82) is 0 Å². The smallest absolute Gasteiger partial charge is 0.0786 e. The molecule has 0 aliphatic heterocycles. The first-order valence-corrected chi connectivity index (χ1v) is 18.3. The number of pyridine rings is 2. The minimum atomic E-state index is -0.486. The van der Waals surface area contributed by atoms with E-state index in [0.29, 0.717) is 0 Å². The fourth-order valence-electron chi connectivity index (χ4n) is 9.78. The van der Waals surface area contributed by atoms with Crippen LogP contribution in [0.4, 0.5) is 0 Å². The fourth-order valence-corrected chi connectivity index (χ4v) is 9.78. The van der Waals surface area contributed by atoms with Crippen LogP contribution in [0.2, 0.25) is 0 Å². The van der Waals surface area contributed by atoms with Crippen molar-refractivity contribution in [3.8, 4) is 44.5 Å². The lowest BCUT2D eigenvalue weighted by Gasteiger charge is -2.31. The summed E-state index contributed by atoms with van der Waals surface area (Å²) in [6.07, 6.45) is 3.82. The molecule has 2 heterocycles. The summed E-state index contributed by atoms with van der Waals surface area (Å²) in [7, 11) is 0. The van der Waals surface area contributed by atoms with E-state index < -0.39 is 5.41 Å². The quantitative estimate of drug-likeness (QED) is 0.171. The Hall–Kier alpha value is -6.90. The van der Waals surface area contributed by atoms with Gasteiger partial charge in [0.25, 0.3) is 0 Å². The molecule has 0 unspecified atom stereocenters. The van der Waals surface area contributed by atoms with Gasteiger partial charge in [-0.05, 0) is 102 Å². The summed E-state index contributed by atoms with van der Waals surface area (Å²) >= 11 is 0. The summed E-state index contributed by atoms with van der Waals surface area (Å²) in [5.41, 5.74) is 16.9. The normalized spacial score (nSPS) is 13.4. The molecule has 2 aliphatic rings. The molecule has 1 spiro atoms. The number of aromatic nitrogens is 2. The SMILES string of the molecule is c1ccc2c(c1)-c1ccc(-c3cccc4ccc5cccnc5c34)cc1C21c2ccccc2-c2ccc(-c3cccc4ccc5cccnc5c34)cc21. The second-order valence-electron chi connectivity index (χ2n) is 14.5. The highest BCUT2D eigenvalue weighted by molar-refractivity contribution is 6.14. The number of hydrogen-bond donors (Lipinski definition) is 0. The van der Waals surface area contributed by atoms with Crippen molar-refractivity contribution in [2.24, 2.45) is 0 Å². The van der Waals surface area contributed by atoms with Gasteiger partial charge in [-0.25, -0.2) is 0 Å². The van der Waals surface area contributed by atoms with Crippen molar-refractivity contribution < 1.29 is 0 Å². The van der Waals surface area contributed by atoms with Crippen LogP contribution in [0.3, 0.4) is 0 Å². The Bertz CT molecular complexity index is 2970. The Morgan fingerprint density at radius 3 is 1.23 bits per heavy atom. The van der Waals surface area contributed by atoms with Crippen LogP contribution in [0.1, 0.15) is 22.3 Å². The van der Waals surface area contributed by atoms with Crippen molar-refractivity contribution >= 4 is 43.4 Å². The largest absolute Gasteiger partial charge is 0.256 e. The monoisotopic (exact) mass is 670 g/mol. The molecule has 2 heteroatoms. The molecule has 2 aromatic heterocycles. The predicted molar refractivity (Wildman–Crippen MR) is 219 cm³/mol. The Morgan fingerprint density at radius 2 is 0.717 bits per heavy atom. The maximum absolute atomic E-state index is 4.91. The van der Waals surface area contributed by atoms with Gasteiger partial charge in [-0.3, -0.25) is 9.97 Å². The topological polar surface area (TPSA) is 25.8 Å². The molecule has 0 fully saturated rings. The maximum atomic E-state index is 4.91. The summed E-state index contributed by atoms with van der Waals surface area (Å²) in [4.78, 5) is 9.81. The standard InChI is InChI=1S/C51H30N2/c1-3-17-43-39(13-1)41-25-23-35(37-15-5-9-31-19-21-33-11-7-27-52-49(33)47(31)37)29-45(41)51(43)44-18-4-2-14-40(44)42-26-24-36(30-46(42)51)38-16-6-10-32-20-22-34-12-8-28-53-50(34)48(32)38/h1-30H. The molecule has 2 aliphatic carbocycles. The molecule has 0 atom stereocenters. The predicted octanol–water partition coefficient (Wildman–Crippen LogP) is 12.8. The van der Waals surface area contributed by atoms with Gasteiger partial charge in [0.2, 0.25) is 0 Å². The lowest BCUT2D eigenvalue weighted by molar-refractivity contribution is 0.794. The second-order valence-corrected chi connectivity index (χ2v) is 14.5. The third-order valence-corrected chi connectivity index (χ3v) is 11.9. The Balaban J connectivity index is 1.17. The zero-order chi connectivity index (χ0) is 34.7. The average Bonchev–Trinajstić information content (AvgIpc) is 3.69. The highest BCUT2D eigenvalue weighted by Crippen LogP contribution is 2.63. The Kier molecular flexibility index (Phi) is 5.73. The van der Waals surface area contributed by atoms with E-state index in [0.717, 1.165) is 21.8 Å². The van der Waals surface area contributed by atoms with Crippen LogP contribution in [0.25, 0.3) is 87.9 Å². The zero-order valence-electron chi connectivity index (χ0n) is 28.7. The van der Waals surface area contributed by atoms with Gasteiger partial charge in [0.15, 0.2) is 0 Å². The van der Waals surface area contributed by atoms with Crippen LogP contribution in [0, 0.1) is 0 Å². The minimum absolute atomic E-state index is 0.486. The summed E-state index contributed by atoms with van der Waals surface area (Å²) in [6.45, 7) is 0. The van der Waals surface area contributed by atoms with Crippen LogP contribution in [0.15, 0.2) is 182 Å². The summed E-state index contributed by atoms with van der Waals surface area (Å²) in [6, 6.07) is 62.9. The Labute approximate surface area is 306 Å². The molecular weight excluding hydrogens is 641 g/mol. The number of nitrogens with zero attached hydrogens (tertiary/aromatic N) is 2. The van der Waals surface area contributed by atoms with Gasteiger partial charge in [-0.2, -0.15) is 0 Å². The van der Waals surface area contributed by atoms with Crippen LogP contribution < -0.4 is 0 Å². The molecule has 0 saturated heterocycles. The summed E-state index contributed by atoms with van der Waals surface area (Å²) in [5, 5.41) is 7.10. The van der Waals surface area contributed by atoms with Crippen molar-refractivity contribution in [2.45, 2.75) is 5.41 Å². The highest BCUT2D eigenvalue weighted by atomic mass is 14.7. The van der Waals surface area contributed by atoms with Crippen LogP contribution in [-0.4, -0.2) is 9.97 Å². The van der Waals surface area contributed by atoms with Crippen LogP contribution in [-0.2, 0) is 5.41 Å². The molecule has 0 amide bonds. The van der Waals surface area contributed by atoms with E-state index in [4.69, 9.17) is 9.97 Å². The molecule has 2 nitrogen and oxygen atoms in total. The molecule has 12 rings (SSSR count). The summed E-state index contributed by atoms with van der Waals surface area (Å²) < 4.78 is 0. The van der Waals surface area contributed by atoms with E-state index in [9.17, 15) is 0 Å². The molecule has 244 valence electrons. The number of fused-ring (bicyclic) bond motifs is 16. The minimum Gasteiger partial charge on any atom is -0.256 e. The van der Waals surface area contributed by atoms with Gasteiger partial charge in [-0.15, -0.1) is 0 Å². The lowest BCUT2D eigenvalue weighted by Crippen LogP contribution is -2.26. The average molecular weight is 671 g/mol. The van der Waals surface area contributed by atoms with Gasteiger partial charge in [-0.1, -0.05) is 146 Å². The number of benzene rings is 8. The molecule has 53 heavy (non-hydrogen) atoms. The molecule has 0 bridgehead atoms. The summed E-state index contributed by atoms with van der Waals surface area (Å²) in [5.74, 6) is 0. The van der Waals surface area contributed by atoms with Crippen molar-refractivity contribution in [3.63, 3.8) is 0 Å². The van der Waals surface area contributed by atoms with Crippen LogP contribution >= 0.6 is 0 Å². The van der Waals surface area contributed by atoms with E-state index in [1.807, 2.05) is 24.5 Å². The van der Waals surface area contributed by atoms with Crippen LogP contribution in [0.5, 0.6) is 0 Å². The van der Waals surface area contributed by atoms with E-state index >= 15 is 0 Å². The first-order chi connectivity index (χ1) is 26.3.